The third-order valence-corrected chi connectivity index (χ3v) is 3.19. The van der Waals surface area contributed by atoms with Gasteiger partial charge in [-0.25, -0.2) is 0 Å². The molecule has 0 amide bonds. The number of carbonyl (C=O) groups is 1. The van der Waals surface area contributed by atoms with E-state index in [9.17, 15) is 13.6 Å². The van der Waals surface area contributed by atoms with E-state index in [-0.39, 0.29) is 17.3 Å². The summed E-state index contributed by atoms with van der Waals surface area (Å²) in [4.78, 5) is 12.1. The van der Waals surface area contributed by atoms with Gasteiger partial charge in [0, 0.05) is 16.1 Å². The lowest BCUT2D eigenvalue weighted by molar-refractivity contribution is -0.0513. The topological polar surface area (TPSA) is 35.5 Å². The van der Waals surface area contributed by atoms with Crippen LogP contribution in [0.3, 0.4) is 0 Å². The molecule has 0 spiro atoms. The van der Waals surface area contributed by atoms with Crippen LogP contribution in [0.5, 0.6) is 11.5 Å². The molecular weight excluding hydrogens is 326 g/mol. The summed E-state index contributed by atoms with van der Waals surface area (Å²) in [5.41, 5.74) is 0.702. The zero-order valence-electron chi connectivity index (χ0n) is 12.1. The largest absolute Gasteiger partial charge is 0.493 e. The van der Waals surface area contributed by atoms with Crippen molar-refractivity contribution in [3.8, 4) is 11.5 Å². The number of ether oxygens (including phenoxy) is 2. The molecule has 0 fully saturated rings. The number of hydrogen-bond acceptors (Lipinski definition) is 3. The Bertz CT molecular complexity index is 730. The highest BCUT2D eigenvalue weighted by atomic mass is 35.5. The van der Waals surface area contributed by atoms with Gasteiger partial charge in [0.15, 0.2) is 17.3 Å². The number of ketones is 1. The van der Waals surface area contributed by atoms with Crippen LogP contribution in [0.15, 0.2) is 48.5 Å². The zero-order chi connectivity index (χ0) is 16.8. The molecule has 0 atom stereocenters. The minimum atomic E-state index is -3.00. The number of alkyl halides is 2. The quantitative estimate of drug-likeness (QED) is 0.558. The molecule has 0 radical (unpaired) electrons. The monoisotopic (exact) mass is 338 g/mol. The predicted molar refractivity (Wildman–Crippen MR) is 84.4 cm³/mol. The number of methoxy groups -OCH3 is 1. The Labute approximate surface area is 137 Å². The van der Waals surface area contributed by atoms with Crippen molar-refractivity contribution >= 4 is 23.5 Å². The first-order chi connectivity index (χ1) is 11.0. The highest BCUT2D eigenvalue weighted by Crippen LogP contribution is 2.33. The van der Waals surface area contributed by atoms with Gasteiger partial charge in [0.2, 0.25) is 0 Å². The maximum atomic E-state index is 12.5. The lowest BCUT2D eigenvalue weighted by atomic mass is 10.1. The summed E-state index contributed by atoms with van der Waals surface area (Å²) < 4.78 is 34.6. The van der Waals surface area contributed by atoms with E-state index in [1.165, 1.54) is 31.4 Å². The molecule has 0 aliphatic heterocycles. The molecule has 0 aliphatic carbocycles. The van der Waals surface area contributed by atoms with Gasteiger partial charge < -0.3 is 9.47 Å². The third kappa shape index (κ3) is 4.53. The molecule has 0 aromatic heterocycles. The van der Waals surface area contributed by atoms with Crippen LogP contribution >= 0.6 is 11.6 Å². The first kappa shape index (κ1) is 17.0. The van der Waals surface area contributed by atoms with Gasteiger partial charge in [0.05, 0.1) is 7.11 Å². The van der Waals surface area contributed by atoms with Gasteiger partial charge in [-0.05, 0) is 30.4 Å². The van der Waals surface area contributed by atoms with E-state index in [2.05, 4.69) is 4.74 Å². The van der Waals surface area contributed by atoms with Crippen molar-refractivity contribution in [2.24, 2.45) is 0 Å². The first-order valence-corrected chi connectivity index (χ1v) is 6.99. The highest BCUT2D eigenvalue weighted by molar-refractivity contribution is 6.31. The second-order valence-electron chi connectivity index (χ2n) is 4.47. The standard InChI is InChI=1S/C17H13ClF2O3/c1-22-15-7-3-4-11(16(15)23-17(19)20)8-9-14(21)12-5-2-6-13(18)10-12/h2-10,17H,1H3. The van der Waals surface area contributed by atoms with Gasteiger partial charge in [0.1, 0.15) is 0 Å². The Morgan fingerprint density at radius 1 is 1.22 bits per heavy atom. The zero-order valence-corrected chi connectivity index (χ0v) is 12.9. The Balaban J connectivity index is 2.30. The fraction of sp³-hybridized carbons (Fsp3) is 0.118. The number of para-hydroxylation sites is 1. The summed E-state index contributed by atoms with van der Waals surface area (Å²) in [7, 11) is 1.35. The second-order valence-corrected chi connectivity index (χ2v) is 4.90. The number of halogens is 3. The molecule has 3 nitrogen and oxygen atoms in total. The number of benzene rings is 2. The van der Waals surface area contributed by atoms with E-state index < -0.39 is 6.61 Å². The first-order valence-electron chi connectivity index (χ1n) is 6.61. The lowest BCUT2D eigenvalue weighted by Gasteiger charge is -2.12. The van der Waals surface area contributed by atoms with Crippen molar-refractivity contribution in [2.45, 2.75) is 6.61 Å². The van der Waals surface area contributed by atoms with E-state index >= 15 is 0 Å². The van der Waals surface area contributed by atoms with Crippen molar-refractivity contribution in [1.82, 2.24) is 0 Å². The van der Waals surface area contributed by atoms with E-state index in [1.807, 2.05) is 0 Å². The van der Waals surface area contributed by atoms with Crippen molar-refractivity contribution in [3.63, 3.8) is 0 Å². The molecule has 0 saturated carbocycles. The molecular formula is C17H13ClF2O3. The fourth-order valence-corrected chi connectivity index (χ4v) is 2.13. The van der Waals surface area contributed by atoms with E-state index in [0.717, 1.165) is 0 Å². The van der Waals surface area contributed by atoms with Gasteiger partial charge >= 0.3 is 6.61 Å². The van der Waals surface area contributed by atoms with Crippen LogP contribution in [-0.2, 0) is 0 Å². The van der Waals surface area contributed by atoms with Crippen LogP contribution < -0.4 is 9.47 Å². The summed E-state index contributed by atoms with van der Waals surface area (Å²) in [6, 6.07) is 11.1. The number of hydrogen-bond donors (Lipinski definition) is 0. The van der Waals surface area contributed by atoms with Crippen molar-refractivity contribution < 1.29 is 23.0 Å². The maximum absolute atomic E-state index is 12.5. The molecule has 120 valence electrons. The summed E-state index contributed by atoms with van der Waals surface area (Å²) in [6.45, 7) is -3.00. The Hall–Kier alpha value is -2.40. The molecule has 0 aliphatic rings. The molecule has 6 heteroatoms. The smallest absolute Gasteiger partial charge is 0.387 e. The molecule has 0 bridgehead atoms. The lowest BCUT2D eigenvalue weighted by Crippen LogP contribution is -2.05. The Kier molecular flexibility index (Phi) is 5.71. The minimum Gasteiger partial charge on any atom is -0.493 e. The SMILES string of the molecule is COc1cccc(C=CC(=O)c2cccc(Cl)c2)c1OC(F)F. The minimum absolute atomic E-state index is 0.125. The maximum Gasteiger partial charge on any atom is 0.387 e. The van der Waals surface area contributed by atoms with Crippen LogP contribution in [0, 0.1) is 0 Å². The summed E-state index contributed by atoms with van der Waals surface area (Å²) >= 11 is 5.83. The van der Waals surface area contributed by atoms with Gasteiger partial charge in [-0.15, -0.1) is 0 Å². The molecule has 2 rings (SSSR count). The van der Waals surface area contributed by atoms with E-state index in [4.69, 9.17) is 16.3 Å². The third-order valence-electron chi connectivity index (χ3n) is 2.96. The molecule has 2 aromatic carbocycles. The van der Waals surface area contributed by atoms with E-state index in [1.54, 1.807) is 30.3 Å². The van der Waals surface area contributed by atoms with Gasteiger partial charge in [0.25, 0.3) is 0 Å². The average molecular weight is 339 g/mol. The van der Waals surface area contributed by atoms with E-state index in [0.29, 0.717) is 16.1 Å². The number of rotatable bonds is 6. The predicted octanol–water partition coefficient (Wildman–Crippen LogP) is 4.85. The van der Waals surface area contributed by atoms with Crippen molar-refractivity contribution in [3.05, 3.63) is 64.7 Å². The van der Waals surface area contributed by atoms with Gasteiger partial charge in [-0.2, -0.15) is 8.78 Å². The molecule has 0 saturated heterocycles. The number of carbonyl (C=O) groups excluding carboxylic acids is 1. The summed E-state index contributed by atoms with van der Waals surface area (Å²) in [5, 5.41) is 0.437. The summed E-state index contributed by atoms with van der Waals surface area (Å²) in [5.74, 6) is -0.277. The molecule has 0 heterocycles. The highest BCUT2D eigenvalue weighted by Gasteiger charge is 2.14. The van der Waals surface area contributed by atoms with Gasteiger partial charge in [-0.3, -0.25) is 4.79 Å². The van der Waals surface area contributed by atoms with Crippen LogP contribution in [0.4, 0.5) is 8.78 Å². The average Bonchev–Trinajstić information content (AvgIpc) is 2.53. The van der Waals surface area contributed by atoms with Crippen molar-refractivity contribution in [1.29, 1.82) is 0 Å². The Morgan fingerprint density at radius 2 is 1.96 bits per heavy atom. The van der Waals surface area contributed by atoms with Crippen LogP contribution in [0.2, 0.25) is 5.02 Å². The second kappa shape index (κ2) is 7.74. The van der Waals surface area contributed by atoms with Crippen LogP contribution in [-0.4, -0.2) is 19.5 Å². The summed E-state index contributed by atoms with van der Waals surface area (Å²) in [6.07, 6.45) is 2.65. The Morgan fingerprint density at radius 3 is 2.61 bits per heavy atom. The van der Waals surface area contributed by atoms with Crippen LogP contribution in [0.25, 0.3) is 6.08 Å². The number of allylic oxidation sites excluding steroid dienone is 1. The van der Waals surface area contributed by atoms with Gasteiger partial charge in [-0.1, -0.05) is 35.9 Å². The van der Waals surface area contributed by atoms with Crippen LogP contribution in [0.1, 0.15) is 15.9 Å². The fourth-order valence-electron chi connectivity index (χ4n) is 1.94. The van der Waals surface area contributed by atoms with Crippen molar-refractivity contribution in [2.75, 3.05) is 7.11 Å². The molecule has 2 aromatic rings. The normalized spacial score (nSPS) is 11.0. The molecule has 23 heavy (non-hydrogen) atoms. The molecule has 0 unspecified atom stereocenters. The molecule has 0 N–H and O–H groups in total.